The molecule has 0 saturated heterocycles. The molecular weight excluding hydrogens is 402 g/mol. The molecule has 2 N–H and O–H groups in total. The second kappa shape index (κ2) is 7.44. The summed E-state index contributed by atoms with van der Waals surface area (Å²) in [7, 11) is 0. The molecule has 166 valence electrons. The van der Waals surface area contributed by atoms with E-state index in [2.05, 4.69) is 43.2 Å². The van der Waals surface area contributed by atoms with Crippen molar-refractivity contribution < 1.29 is 14.3 Å². The van der Waals surface area contributed by atoms with Crippen molar-refractivity contribution in [1.82, 2.24) is 4.98 Å². The smallest absolute Gasteiger partial charge is 0.234 e. The Morgan fingerprint density at radius 2 is 2.12 bits per heavy atom. The van der Waals surface area contributed by atoms with Crippen molar-refractivity contribution in [2.45, 2.75) is 58.3 Å². The van der Waals surface area contributed by atoms with E-state index in [1.165, 1.54) is 0 Å². The average molecular weight is 432 g/mol. The zero-order valence-corrected chi connectivity index (χ0v) is 18.9. The number of fused-ring (bicyclic) bond motifs is 1. The van der Waals surface area contributed by atoms with Crippen molar-refractivity contribution >= 4 is 22.5 Å². The fourth-order valence-corrected chi connectivity index (χ4v) is 4.98. The van der Waals surface area contributed by atoms with Crippen LogP contribution in [-0.4, -0.2) is 17.7 Å². The molecule has 1 atom stereocenters. The quantitative estimate of drug-likeness (QED) is 0.619. The van der Waals surface area contributed by atoms with Gasteiger partial charge in [-0.15, -0.1) is 0 Å². The molecule has 1 amide bonds. The lowest BCUT2D eigenvalue weighted by Crippen LogP contribution is -2.29. The number of amides is 1. The van der Waals surface area contributed by atoms with E-state index in [0.717, 1.165) is 65.1 Å². The average Bonchev–Trinajstić information content (AvgIpc) is 3.24. The zero-order chi connectivity index (χ0) is 22.5. The minimum Gasteiger partial charge on any atom is -0.458 e. The van der Waals surface area contributed by atoms with Crippen LogP contribution in [0.2, 0.25) is 0 Å². The van der Waals surface area contributed by atoms with Gasteiger partial charge in [0.1, 0.15) is 5.76 Å². The lowest BCUT2D eigenvalue weighted by atomic mass is 9.80. The van der Waals surface area contributed by atoms with Crippen LogP contribution in [0.5, 0.6) is 0 Å². The molecular formula is C26H29N3O3. The molecule has 0 spiro atoms. The number of aromatic nitrogens is 1. The Kier molecular flexibility index (Phi) is 4.81. The predicted octanol–water partition coefficient (Wildman–Crippen LogP) is 5.65. The number of rotatable bonds is 6. The molecule has 6 heteroatoms. The number of nitrogens with one attached hydrogen (secondary N) is 2. The molecule has 2 aliphatic carbocycles. The van der Waals surface area contributed by atoms with Gasteiger partial charge in [0.25, 0.3) is 0 Å². The highest BCUT2D eigenvalue weighted by atomic mass is 16.7. The van der Waals surface area contributed by atoms with Gasteiger partial charge in [-0.25, -0.2) is 0 Å². The van der Waals surface area contributed by atoms with E-state index in [-0.39, 0.29) is 24.0 Å². The summed E-state index contributed by atoms with van der Waals surface area (Å²) >= 11 is 0. The molecule has 1 aromatic heterocycles. The second-order valence-electron chi connectivity index (χ2n) is 9.96. The number of carbonyl (C=O) groups is 1. The normalized spacial score (nSPS) is 21.3. The zero-order valence-electron chi connectivity index (χ0n) is 18.9. The summed E-state index contributed by atoms with van der Waals surface area (Å²) in [4.78, 5) is 16.9. The van der Waals surface area contributed by atoms with Crippen LogP contribution in [0.4, 0.5) is 5.69 Å². The number of hydrogen-bond donors (Lipinski definition) is 2. The van der Waals surface area contributed by atoms with E-state index < -0.39 is 5.41 Å². The fourth-order valence-electron chi connectivity index (χ4n) is 4.98. The molecule has 32 heavy (non-hydrogen) atoms. The summed E-state index contributed by atoms with van der Waals surface area (Å²) in [6, 6.07) is 10.4. The number of benzene rings is 1. The van der Waals surface area contributed by atoms with Gasteiger partial charge in [0.15, 0.2) is 5.76 Å². The number of ether oxygens (including phenoxy) is 2. The van der Waals surface area contributed by atoms with Gasteiger partial charge in [0, 0.05) is 40.5 Å². The summed E-state index contributed by atoms with van der Waals surface area (Å²) in [5, 5.41) is 13.2. The van der Waals surface area contributed by atoms with Crippen LogP contribution in [0, 0.1) is 22.7 Å². The second-order valence-corrected chi connectivity index (χ2v) is 9.96. The number of allylic oxidation sites excluding steroid dienone is 2. The maximum atomic E-state index is 13.4. The standard InChI is InChI=1S/C26H29N3O3/c1-16-11-21-22(32-15-31-21)14-19(16)26(8-9-26)24(30)28-18-5-6-20-17(12-18)13-23(29-20)25(2,3)7-4-10-27/h5-6,12-14,16,29H,4,7-9,11,15H2,1-3H3,(H,28,30). The summed E-state index contributed by atoms with van der Waals surface area (Å²) < 4.78 is 11.1. The van der Waals surface area contributed by atoms with E-state index in [1.807, 2.05) is 24.3 Å². The van der Waals surface area contributed by atoms with Gasteiger partial charge in [-0.2, -0.15) is 5.26 Å². The first-order chi connectivity index (χ1) is 15.3. The number of nitrogens with zero attached hydrogens (tertiary/aromatic N) is 1. The molecule has 5 rings (SSSR count). The van der Waals surface area contributed by atoms with Crippen molar-refractivity contribution in [2.75, 3.05) is 12.1 Å². The molecule has 6 nitrogen and oxygen atoms in total. The molecule has 1 unspecified atom stereocenters. The summed E-state index contributed by atoms with van der Waals surface area (Å²) in [6.45, 7) is 6.72. The highest BCUT2D eigenvalue weighted by molar-refractivity contribution is 6.01. The molecule has 0 radical (unpaired) electrons. The van der Waals surface area contributed by atoms with Crippen LogP contribution < -0.4 is 5.32 Å². The molecule has 1 aliphatic heterocycles. The van der Waals surface area contributed by atoms with Gasteiger partial charge >= 0.3 is 0 Å². The SMILES string of the molecule is CC1CC2=C(C=C1C1(C(=O)Nc3ccc4[nH]c(C(C)(C)CCC#N)cc4c3)CC1)OCO2. The number of H-pyrrole nitrogens is 1. The van der Waals surface area contributed by atoms with E-state index in [4.69, 9.17) is 14.7 Å². The summed E-state index contributed by atoms with van der Waals surface area (Å²) in [5.74, 6) is 2.01. The first-order valence-corrected chi connectivity index (χ1v) is 11.3. The molecule has 1 saturated carbocycles. The Labute approximate surface area is 188 Å². The van der Waals surface area contributed by atoms with Crippen LogP contribution in [0.15, 0.2) is 47.4 Å². The van der Waals surface area contributed by atoms with Crippen LogP contribution in [0.1, 0.15) is 58.6 Å². The van der Waals surface area contributed by atoms with Crippen molar-refractivity contribution in [3.8, 4) is 6.07 Å². The van der Waals surface area contributed by atoms with Crippen molar-refractivity contribution in [2.24, 2.45) is 11.3 Å². The third-order valence-electron chi connectivity index (χ3n) is 7.24. The summed E-state index contributed by atoms with van der Waals surface area (Å²) in [6.07, 6.45) is 5.87. The number of anilines is 1. The monoisotopic (exact) mass is 431 g/mol. The van der Waals surface area contributed by atoms with Crippen LogP contribution >= 0.6 is 0 Å². The minimum absolute atomic E-state index is 0.0584. The topological polar surface area (TPSA) is 87.1 Å². The highest BCUT2D eigenvalue weighted by Gasteiger charge is 2.55. The van der Waals surface area contributed by atoms with Crippen molar-refractivity contribution in [3.05, 3.63) is 53.1 Å². The first-order valence-electron chi connectivity index (χ1n) is 11.3. The minimum atomic E-state index is -0.443. The third-order valence-corrected chi connectivity index (χ3v) is 7.24. The highest BCUT2D eigenvalue weighted by Crippen LogP contribution is 2.57. The Balaban J connectivity index is 1.36. The Bertz CT molecular complexity index is 1190. The predicted molar refractivity (Wildman–Crippen MR) is 122 cm³/mol. The molecule has 3 aliphatic rings. The van der Waals surface area contributed by atoms with E-state index >= 15 is 0 Å². The third kappa shape index (κ3) is 3.46. The Morgan fingerprint density at radius 3 is 2.88 bits per heavy atom. The summed E-state index contributed by atoms with van der Waals surface area (Å²) in [5.41, 5.74) is 3.54. The van der Waals surface area contributed by atoms with Gasteiger partial charge < -0.3 is 19.8 Å². The van der Waals surface area contributed by atoms with E-state index in [0.29, 0.717) is 6.42 Å². The molecule has 2 heterocycles. The number of aromatic amines is 1. The molecule has 1 fully saturated rings. The molecule has 2 aromatic rings. The Hall–Kier alpha value is -3.20. The van der Waals surface area contributed by atoms with Gasteiger partial charge in [-0.3, -0.25) is 4.79 Å². The number of nitriles is 1. The lowest BCUT2D eigenvalue weighted by Gasteiger charge is -2.27. The largest absolute Gasteiger partial charge is 0.458 e. The van der Waals surface area contributed by atoms with E-state index in [9.17, 15) is 4.79 Å². The van der Waals surface area contributed by atoms with Gasteiger partial charge in [0.2, 0.25) is 12.7 Å². The number of hydrogen-bond acceptors (Lipinski definition) is 4. The van der Waals surface area contributed by atoms with Crippen LogP contribution in [0.25, 0.3) is 10.9 Å². The van der Waals surface area contributed by atoms with Gasteiger partial charge in [-0.1, -0.05) is 20.8 Å². The van der Waals surface area contributed by atoms with Crippen molar-refractivity contribution in [3.63, 3.8) is 0 Å². The maximum absolute atomic E-state index is 13.4. The van der Waals surface area contributed by atoms with Gasteiger partial charge in [-0.05, 0) is 61.1 Å². The van der Waals surface area contributed by atoms with E-state index in [1.54, 1.807) is 0 Å². The fraction of sp³-hybridized carbons (Fsp3) is 0.462. The Morgan fingerprint density at radius 1 is 1.31 bits per heavy atom. The van der Waals surface area contributed by atoms with Gasteiger partial charge in [0.05, 0.1) is 11.5 Å². The number of carbonyl (C=O) groups excluding carboxylic acids is 1. The van der Waals surface area contributed by atoms with Crippen LogP contribution in [-0.2, 0) is 19.7 Å². The maximum Gasteiger partial charge on any atom is 0.234 e. The van der Waals surface area contributed by atoms with Crippen LogP contribution in [0.3, 0.4) is 0 Å². The lowest BCUT2D eigenvalue weighted by molar-refractivity contribution is -0.120. The first kappa shape index (κ1) is 20.7. The molecule has 0 bridgehead atoms. The van der Waals surface area contributed by atoms with Crippen molar-refractivity contribution in [1.29, 1.82) is 5.26 Å². The molecule has 1 aromatic carbocycles.